The molecule has 5 rings (SSSR count). The Bertz CT molecular complexity index is 1160. The maximum atomic E-state index is 12.5. The fourth-order valence-electron chi connectivity index (χ4n) is 3.93. The first-order valence-corrected chi connectivity index (χ1v) is 10.2. The van der Waals surface area contributed by atoms with Crippen molar-refractivity contribution in [3.8, 4) is 5.95 Å². The second-order valence-corrected chi connectivity index (χ2v) is 7.53. The highest BCUT2D eigenvalue weighted by atomic mass is 16.2. The Morgan fingerprint density at radius 3 is 2.90 bits per heavy atom. The number of carbonyl (C=O) groups is 1. The van der Waals surface area contributed by atoms with Crippen LogP contribution in [0.15, 0.2) is 61.4 Å². The summed E-state index contributed by atoms with van der Waals surface area (Å²) < 4.78 is 3.80. The topological polar surface area (TPSA) is 89.1 Å². The van der Waals surface area contributed by atoms with Gasteiger partial charge in [0.1, 0.15) is 12.0 Å². The summed E-state index contributed by atoms with van der Waals surface area (Å²) in [4.78, 5) is 25.8. The first kappa shape index (κ1) is 18.4. The molecule has 0 bridgehead atoms. The molecule has 4 heterocycles. The van der Waals surface area contributed by atoms with Crippen molar-refractivity contribution in [2.24, 2.45) is 0 Å². The number of nitrogens with one attached hydrogen (secondary N) is 2. The molecule has 0 spiro atoms. The molecule has 2 N–H and O–H groups in total. The van der Waals surface area contributed by atoms with Crippen molar-refractivity contribution in [2.45, 2.75) is 38.3 Å². The van der Waals surface area contributed by atoms with E-state index in [4.69, 9.17) is 4.98 Å². The molecule has 1 saturated carbocycles. The van der Waals surface area contributed by atoms with Crippen molar-refractivity contribution >= 4 is 17.1 Å². The summed E-state index contributed by atoms with van der Waals surface area (Å²) in [6, 6.07) is 10.1. The molecule has 0 aromatic carbocycles. The maximum Gasteiger partial charge on any atom is 0.271 e. The number of nitrogens with zero attached hydrogens (tertiary/aromatic N) is 5. The van der Waals surface area contributed by atoms with Crippen LogP contribution < -0.4 is 10.6 Å². The van der Waals surface area contributed by atoms with Crippen LogP contribution in [-0.2, 0) is 6.54 Å². The predicted molar refractivity (Wildman–Crippen MR) is 114 cm³/mol. The van der Waals surface area contributed by atoms with Gasteiger partial charge in [-0.3, -0.25) is 18.7 Å². The largest absolute Gasteiger partial charge is 0.378 e. The summed E-state index contributed by atoms with van der Waals surface area (Å²) in [5, 5.41) is 6.44. The first-order chi connectivity index (χ1) is 14.8. The molecule has 4 aromatic heterocycles. The van der Waals surface area contributed by atoms with Crippen LogP contribution in [0.3, 0.4) is 0 Å². The molecule has 152 valence electrons. The predicted octanol–water partition coefficient (Wildman–Crippen LogP) is 3.20. The van der Waals surface area contributed by atoms with E-state index in [2.05, 4.69) is 20.6 Å². The summed E-state index contributed by atoms with van der Waals surface area (Å²) in [5.41, 5.74) is 3.24. The second-order valence-electron chi connectivity index (χ2n) is 7.53. The lowest BCUT2D eigenvalue weighted by molar-refractivity contribution is 0.0933. The van der Waals surface area contributed by atoms with Gasteiger partial charge in [0.15, 0.2) is 0 Å². The quantitative estimate of drug-likeness (QED) is 0.518. The zero-order valence-corrected chi connectivity index (χ0v) is 16.5. The van der Waals surface area contributed by atoms with Gasteiger partial charge < -0.3 is 10.6 Å². The monoisotopic (exact) mass is 401 g/mol. The van der Waals surface area contributed by atoms with Gasteiger partial charge in [0.2, 0.25) is 5.95 Å². The zero-order chi connectivity index (χ0) is 20.3. The van der Waals surface area contributed by atoms with E-state index in [1.807, 2.05) is 40.9 Å². The lowest BCUT2D eigenvalue weighted by Gasteiger charge is -2.09. The number of imidazole rings is 2. The minimum absolute atomic E-state index is 0.125. The van der Waals surface area contributed by atoms with Crippen molar-refractivity contribution in [1.29, 1.82) is 0 Å². The number of hydrogen-bond donors (Lipinski definition) is 2. The molecular formula is C22H23N7O. The van der Waals surface area contributed by atoms with E-state index in [0.717, 1.165) is 29.7 Å². The highest BCUT2D eigenvalue weighted by molar-refractivity contribution is 5.92. The van der Waals surface area contributed by atoms with Crippen molar-refractivity contribution in [1.82, 2.24) is 29.2 Å². The molecule has 8 heteroatoms. The molecule has 30 heavy (non-hydrogen) atoms. The van der Waals surface area contributed by atoms with E-state index in [1.54, 1.807) is 29.5 Å². The zero-order valence-electron chi connectivity index (χ0n) is 16.5. The molecule has 0 atom stereocenters. The molecule has 1 aliphatic carbocycles. The Balaban J connectivity index is 1.40. The summed E-state index contributed by atoms with van der Waals surface area (Å²) in [5.74, 6) is 0.570. The number of aromatic nitrogens is 5. The number of fused-ring (bicyclic) bond motifs is 1. The van der Waals surface area contributed by atoms with Gasteiger partial charge in [-0.05, 0) is 37.1 Å². The molecule has 1 aliphatic rings. The number of rotatable bonds is 6. The smallest absolute Gasteiger partial charge is 0.271 e. The third-order valence-corrected chi connectivity index (χ3v) is 5.46. The third kappa shape index (κ3) is 3.63. The van der Waals surface area contributed by atoms with Gasteiger partial charge >= 0.3 is 0 Å². The molecule has 4 aromatic rings. The minimum atomic E-state index is -0.125. The molecule has 0 radical (unpaired) electrons. The van der Waals surface area contributed by atoms with Gasteiger partial charge in [0, 0.05) is 30.8 Å². The SMILES string of the molecule is O=C(NC1CCCC1)c1cn(-c2nc(CNc3cccnc3)c3ccccn23)cn1. The van der Waals surface area contributed by atoms with Gasteiger partial charge in [-0.1, -0.05) is 18.9 Å². The summed E-state index contributed by atoms with van der Waals surface area (Å²) in [7, 11) is 0. The maximum absolute atomic E-state index is 12.5. The molecule has 1 fully saturated rings. The van der Waals surface area contributed by atoms with E-state index in [0.29, 0.717) is 18.2 Å². The molecule has 0 aliphatic heterocycles. The highest BCUT2D eigenvalue weighted by Gasteiger charge is 2.20. The number of hydrogen-bond acceptors (Lipinski definition) is 5. The fourth-order valence-corrected chi connectivity index (χ4v) is 3.93. The first-order valence-electron chi connectivity index (χ1n) is 10.2. The Morgan fingerprint density at radius 2 is 2.07 bits per heavy atom. The average molecular weight is 401 g/mol. The summed E-state index contributed by atoms with van der Waals surface area (Å²) >= 11 is 0. The molecule has 0 saturated heterocycles. The van der Waals surface area contributed by atoms with Crippen LogP contribution in [0.5, 0.6) is 0 Å². The standard InChI is InChI=1S/C22H23N7O/c30-21(26-16-6-1-2-7-16)19-14-28(15-25-19)22-27-18(20-9-3-4-11-29(20)22)13-24-17-8-5-10-23-12-17/h3-5,8-12,14-16,24H,1-2,6-7,13H2,(H,26,30). The third-order valence-electron chi connectivity index (χ3n) is 5.46. The number of pyridine rings is 2. The Morgan fingerprint density at radius 1 is 1.17 bits per heavy atom. The average Bonchev–Trinajstić information content (AvgIpc) is 3.53. The van der Waals surface area contributed by atoms with Crippen molar-refractivity contribution in [2.75, 3.05) is 5.32 Å². The van der Waals surface area contributed by atoms with Crippen LogP contribution in [-0.4, -0.2) is 35.9 Å². The van der Waals surface area contributed by atoms with Gasteiger partial charge in [-0.25, -0.2) is 9.97 Å². The normalized spacial score (nSPS) is 14.3. The molecule has 1 amide bonds. The van der Waals surface area contributed by atoms with Crippen LogP contribution in [0.25, 0.3) is 11.5 Å². The van der Waals surface area contributed by atoms with E-state index in [1.165, 1.54) is 12.8 Å². The number of anilines is 1. The second kappa shape index (κ2) is 7.98. The lowest BCUT2D eigenvalue weighted by atomic mass is 10.2. The van der Waals surface area contributed by atoms with Crippen LogP contribution in [0.1, 0.15) is 41.9 Å². The Kier molecular flexibility index (Phi) is 4.88. The van der Waals surface area contributed by atoms with E-state index >= 15 is 0 Å². The van der Waals surface area contributed by atoms with Crippen LogP contribution in [0.4, 0.5) is 5.69 Å². The van der Waals surface area contributed by atoms with Crippen LogP contribution in [0.2, 0.25) is 0 Å². The summed E-state index contributed by atoms with van der Waals surface area (Å²) in [6.07, 6.45) is 13.3. The van der Waals surface area contributed by atoms with Gasteiger partial charge in [-0.2, -0.15) is 0 Å². The summed E-state index contributed by atoms with van der Waals surface area (Å²) in [6.45, 7) is 0.558. The minimum Gasteiger partial charge on any atom is -0.378 e. The van der Waals surface area contributed by atoms with Crippen LogP contribution in [0, 0.1) is 0 Å². The van der Waals surface area contributed by atoms with Gasteiger partial charge in [0.05, 0.1) is 23.4 Å². The van der Waals surface area contributed by atoms with E-state index < -0.39 is 0 Å². The molecular weight excluding hydrogens is 378 g/mol. The Labute approximate surface area is 174 Å². The van der Waals surface area contributed by atoms with Gasteiger partial charge in [0.25, 0.3) is 5.91 Å². The molecule has 0 unspecified atom stereocenters. The molecule has 8 nitrogen and oxygen atoms in total. The van der Waals surface area contributed by atoms with E-state index in [9.17, 15) is 4.79 Å². The fraction of sp³-hybridized carbons (Fsp3) is 0.273. The highest BCUT2D eigenvalue weighted by Crippen LogP contribution is 2.20. The Hall–Kier alpha value is -3.68. The van der Waals surface area contributed by atoms with Crippen molar-refractivity contribution in [3.63, 3.8) is 0 Å². The number of carbonyl (C=O) groups excluding carboxylic acids is 1. The van der Waals surface area contributed by atoms with Crippen molar-refractivity contribution < 1.29 is 4.79 Å². The van der Waals surface area contributed by atoms with Crippen LogP contribution >= 0.6 is 0 Å². The van der Waals surface area contributed by atoms with Gasteiger partial charge in [-0.15, -0.1) is 0 Å². The van der Waals surface area contributed by atoms with Crippen molar-refractivity contribution in [3.05, 3.63) is 72.8 Å². The van der Waals surface area contributed by atoms with E-state index in [-0.39, 0.29) is 11.9 Å². The lowest BCUT2D eigenvalue weighted by Crippen LogP contribution is -2.32. The number of amides is 1.